The number of halogens is 1. The van der Waals surface area contributed by atoms with Crippen molar-refractivity contribution in [1.82, 2.24) is 15.0 Å². The van der Waals surface area contributed by atoms with Crippen molar-refractivity contribution in [2.45, 2.75) is 14.7 Å². The molecule has 0 aliphatic carbocycles. The van der Waals surface area contributed by atoms with Gasteiger partial charge >= 0.3 is 0 Å². The molecule has 4 aromatic carbocycles. The van der Waals surface area contributed by atoms with E-state index in [2.05, 4.69) is 30.5 Å². The maximum Gasteiger partial charge on any atom is 0.296 e. The second-order valence-corrected chi connectivity index (χ2v) is 14.2. The molecule has 0 bridgehead atoms. The van der Waals surface area contributed by atoms with Gasteiger partial charge in [0.2, 0.25) is 17.2 Å². The smallest absolute Gasteiger partial charge is 0.296 e. The standard InChI is InChI=1S/C26H20ClN7O11S3/c1-34(26-30-24(27)29-25(31-26)28-17-4-2-3-5-20(17)47(40,41)42)14-6-8-16-13(10-14)11-21(48(43,44)45)22(23(16)36)33-32-18-12-15(46(37,38)39)7-9-19(18)35/h2-12,35-36H,1H3,(H,37,38,39)(H,40,41,42)(H,43,44,45)(H,28,29,30,31). The number of phenols is 2. The molecule has 0 aliphatic rings. The Bertz CT molecular complexity index is 2480. The van der Waals surface area contributed by atoms with Crippen LogP contribution in [-0.2, 0) is 30.4 Å². The van der Waals surface area contributed by atoms with E-state index in [0.29, 0.717) is 0 Å². The van der Waals surface area contributed by atoms with Gasteiger partial charge in [0.25, 0.3) is 30.4 Å². The van der Waals surface area contributed by atoms with Gasteiger partial charge < -0.3 is 20.4 Å². The monoisotopic (exact) mass is 737 g/mol. The van der Waals surface area contributed by atoms with Crippen molar-refractivity contribution >= 4 is 87.4 Å². The van der Waals surface area contributed by atoms with Gasteiger partial charge in [-0.2, -0.15) is 40.2 Å². The summed E-state index contributed by atoms with van der Waals surface area (Å²) in [6, 6.07) is 13.0. The van der Waals surface area contributed by atoms with Crippen molar-refractivity contribution in [1.29, 1.82) is 0 Å². The number of hydrogen-bond donors (Lipinski definition) is 6. The Hall–Kier alpha value is -5.03. The molecule has 0 atom stereocenters. The van der Waals surface area contributed by atoms with Crippen molar-refractivity contribution in [2.24, 2.45) is 10.2 Å². The lowest BCUT2D eigenvalue weighted by Gasteiger charge is -2.19. The van der Waals surface area contributed by atoms with E-state index in [0.717, 1.165) is 30.3 Å². The highest BCUT2D eigenvalue weighted by molar-refractivity contribution is 7.86. The Balaban J connectivity index is 1.55. The molecule has 0 saturated carbocycles. The molecule has 0 amide bonds. The number of aromatic nitrogens is 3. The Morgan fingerprint density at radius 2 is 1.46 bits per heavy atom. The molecular weight excluding hydrogens is 718 g/mol. The molecule has 1 aromatic heterocycles. The van der Waals surface area contributed by atoms with Gasteiger partial charge in [-0.05, 0) is 71.6 Å². The highest BCUT2D eigenvalue weighted by Gasteiger charge is 2.24. The van der Waals surface area contributed by atoms with Crippen LogP contribution < -0.4 is 10.2 Å². The number of benzene rings is 4. The van der Waals surface area contributed by atoms with Gasteiger partial charge in [0.1, 0.15) is 26.9 Å². The molecule has 18 nitrogen and oxygen atoms in total. The number of rotatable bonds is 9. The minimum Gasteiger partial charge on any atom is -0.506 e. The predicted octanol–water partition coefficient (Wildman–Crippen LogP) is 4.76. The quantitative estimate of drug-likeness (QED) is 0.0878. The topological polar surface area (TPSA) is 282 Å². The molecule has 22 heteroatoms. The number of fused-ring (bicyclic) bond motifs is 1. The van der Waals surface area contributed by atoms with Gasteiger partial charge in [0, 0.05) is 18.1 Å². The Morgan fingerprint density at radius 3 is 2.12 bits per heavy atom. The zero-order valence-corrected chi connectivity index (χ0v) is 27.0. The first kappa shape index (κ1) is 34.3. The average molecular weight is 738 g/mol. The predicted molar refractivity (Wildman–Crippen MR) is 170 cm³/mol. The molecule has 5 aromatic rings. The third-order valence-corrected chi connectivity index (χ3v) is 9.31. The van der Waals surface area contributed by atoms with Crippen LogP contribution in [0.2, 0.25) is 5.28 Å². The van der Waals surface area contributed by atoms with Crippen LogP contribution >= 0.6 is 11.6 Å². The Morgan fingerprint density at radius 1 is 0.771 bits per heavy atom. The molecule has 48 heavy (non-hydrogen) atoms. The van der Waals surface area contributed by atoms with Crippen molar-refractivity contribution < 1.29 is 49.1 Å². The molecule has 0 spiro atoms. The number of azo groups is 1. The van der Waals surface area contributed by atoms with E-state index < -0.39 is 67.9 Å². The number of para-hydroxylation sites is 1. The first-order valence-electron chi connectivity index (χ1n) is 12.8. The normalized spacial score (nSPS) is 12.4. The van der Waals surface area contributed by atoms with E-state index in [1.807, 2.05) is 0 Å². The fraction of sp³-hybridized carbons (Fsp3) is 0.0385. The number of nitrogens with one attached hydrogen (secondary N) is 1. The van der Waals surface area contributed by atoms with Crippen LogP contribution in [0.3, 0.4) is 0 Å². The van der Waals surface area contributed by atoms with E-state index in [1.54, 1.807) is 0 Å². The van der Waals surface area contributed by atoms with Crippen molar-refractivity contribution in [3.8, 4) is 11.5 Å². The number of nitrogens with zero attached hydrogens (tertiary/aromatic N) is 6. The maximum atomic E-state index is 12.3. The fourth-order valence-corrected chi connectivity index (χ4v) is 6.23. The molecule has 1 heterocycles. The molecule has 0 unspecified atom stereocenters. The minimum atomic E-state index is -5.08. The molecule has 5 rings (SSSR count). The molecule has 6 N–H and O–H groups in total. The Kier molecular flexibility index (Phi) is 8.96. The molecule has 0 aliphatic heterocycles. The second-order valence-electron chi connectivity index (χ2n) is 9.66. The maximum absolute atomic E-state index is 12.3. The van der Waals surface area contributed by atoms with Crippen LogP contribution in [0.25, 0.3) is 10.8 Å². The third-order valence-electron chi connectivity index (χ3n) is 6.51. The van der Waals surface area contributed by atoms with Crippen LogP contribution in [-0.4, -0.2) is 71.1 Å². The zero-order chi connectivity index (χ0) is 35.2. The van der Waals surface area contributed by atoms with Crippen molar-refractivity contribution in [2.75, 3.05) is 17.3 Å². The van der Waals surface area contributed by atoms with Crippen LogP contribution in [0, 0.1) is 0 Å². The summed E-state index contributed by atoms with van der Waals surface area (Å²) in [7, 11) is -12.9. The second kappa shape index (κ2) is 12.5. The van der Waals surface area contributed by atoms with Crippen molar-refractivity contribution in [3.63, 3.8) is 0 Å². The molecular formula is C26H20ClN7O11S3. The largest absolute Gasteiger partial charge is 0.506 e. The number of anilines is 4. The lowest BCUT2D eigenvalue weighted by molar-refractivity contribution is 0.471. The summed E-state index contributed by atoms with van der Waals surface area (Å²) >= 11 is 6.10. The SMILES string of the molecule is CN(c1ccc2c(O)c(N=Nc3cc(S(=O)(=O)O)ccc3O)c(S(=O)(=O)O)cc2c1)c1nc(Cl)nc(Nc2ccccc2S(=O)(=O)O)n1. The van der Waals surface area contributed by atoms with Crippen LogP contribution in [0.1, 0.15) is 0 Å². The number of hydrogen-bond acceptors (Lipinski definition) is 15. The van der Waals surface area contributed by atoms with Gasteiger partial charge in [-0.15, -0.1) is 10.2 Å². The number of aromatic hydroxyl groups is 2. The van der Waals surface area contributed by atoms with E-state index in [9.17, 15) is 49.1 Å². The highest BCUT2D eigenvalue weighted by atomic mass is 35.5. The van der Waals surface area contributed by atoms with Gasteiger partial charge in [-0.3, -0.25) is 13.7 Å². The van der Waals surface area contributed by atoms with Crippen LogP contribution in [0.15, 0.2) is 91.6 Å². The Labute approximate surface area is 276 Å². The molecule has 0 radical (unpaired) electrons. The van der Waals surface area contributed by atoms with E-state index in [1.165, 1.54) is 48.3 Å². The first-order valence-corrected chi connectivity index (χ1v) is 17.5. The summed E-state index contributed by atoms with van der Waals surface area (Å²) in [6.45, 7) is 0. The molecule has 0 saturated heterocycles. The van der Waals surface area contributed by atoms with Gasteiger partial charge in [-0.1, -0.05) is 12.1 Å². The zero-order valence-electron chi connectivity index (χ0n) is 23.8. The average Bonchev–Trinajstić information content (AvgIpc) is 2.99. The first-order chi connectivity index (χ1) is 22.3. The van der Waals surface area contributed by atoms with Gasteiger partial charge in [-0.25, -0.2) is 0 Å². The van der Waals surface area contributed by atoms with Crippen molar-refractivity contribution in [3.05, 3.63) is 72.0 Å². The summed E-state index contributed by atoms with van der Waals surface area (Å²) in [6.07, 6.45) is 0. The van der Waals surface area contributed by atoms with Gasteiger partial charge in [0.05, 0.1) is 10.6 Å². The molecule has 250 valence electrons. The van der Waals surface area contributed by atoms with Crippen LogP contribution in [0.5, 0.6) is 11.5 Å². The fourth-order valence-electron chi connectivity index (χ4n) is 4.26. The molecule has 0 fully saturated rings. The summed E-state index contributed by atoms with van der Waals surface area (Å²) in [5, 5.41) is 30.7. The summed E-state index contributed by atoms with van der Waals surface area (Å²) in [4.78, 5) is 11.5. The van der Waals surface area contributed by atoms with E-state index in [-0.39, 0.29) is 39.3 Å². The third kappa shape index (κ3) is 7.26. The minimum absolute atomic E-state index is 0.0160. The lowest BCUT2D eigenvalue weighted by Crippen LogP contribution is -2.15. The van der Waals surface area contributed by atoms with Crippen LogP contribution in [0.4, 0.5) is 34.6 Å². The van der Waals surface area contributed by atoms with E-state index >= 15 is 0 Å². The highest BCUT2D eigenvalue weighted by Crippen LogP contribution is 2.43. The summed E-state index contributed by atoms with van der Waals surface area (Å²) < 4.78 is 99.9. The number of phenolic OH excluding ortho intramolecular Hbond substituents is 2. The lowest BCUT2D eigenvalue weighted by atomic mass is 10.1. The summed E-state index contributed by atoms with van der Waals surface area (Å²) in [5.74, 6) is -1.66. The van der Waals surface area contributed by atoms with E-state index in [4.69, 9.17) is 11.6 Å². The van der Waals surface area contributed by atoms with Gasteiger partial charge in [0.15, 0.2) is 5.75 Å². The summed E-state index contributed by atoms with van der Waals surface area (Å²) in [5.41, 5.74) is -1.05.